The first kappa shape index (κ1) is 41.6. The third-order valence-electron chi connectivity index (χ3n) is 7.94. The highest BCUT2D eigenvalue weighted by molar-refractivity contribution is 5.98. The molecule has 2 aromatic heterocycles. The van der Waals surface area contributed by atoms with Gasteiger partial charge in [0.25, 0.3) is 5.91 Å². The summed E-state index contributed by atoms with van der Waals surface area (Å²) >= 11 is 0. The lowest BCUT2D eigenvalue weighted by Crippen LogP contribution is -2.58. The maximum Gasteiger partial charge on any atom is 0.252 e. The largest absolute Gasteiger partial charge is 0.355 e. The second-order valence-corrected chi connectivity index (χ2v) is 14.1. The normalized spacial score (nSPS) is 14.4. The number of nitrogens with one attached hydrogen (secondary N) is 6. The summed E-state index contributed by atoms with van der Waals surface area (Å²) in [6.45, 7) is 15.6. The number of likely N-dealkylation sites (N-methyl/N-ethyl adjacent to an activating group) is 1. The SMILES string of the molecule is CCC[C@H](NC(=O)[C@H](CC(C)(C)C)NC(=O)c1cc[n+](O)cc1)C(=O)N[C@H](CN[C@@H](C)C(=O)N[C@H](C(=O)NCC)C(C)C)Cc1cccnc1. The predicted molar refractivity (Wildman–Crippen MR) is 189 cm³/mol. The number of carbonyl (C=O) groups excluding carboxylic acids is 5. The van der Waals surface area contributed by atoms with Crippen molar-refractivity contribution in [3.05, 3.63) is 60.2 Å². The van der Waals surface area contributed by atoms with Crippen LogP contribution in [0.5, 0.6) is 0 Å². The summed E-state index contributed by atoms with van der Waals surface area (Å²) < 4.78 is 0.813. The molecule has 2 rings (SSSR count). The molecular formula is C36H57N8O6+. The third-order valence-corrected chi connectivity index (χ3v) is 7.94. The molecule has 14 nitrogen and oxygen atoms in total. The van der Waals surface area contributed by atoms with Crippen LogP contribution in [0.3, 0.4) is 0 Å². The minimum atomic E-state index is -0.933. The summed E-state index contributed by atoms with van der Waals surface area (Å²) in [5, 5.41) is 27.0. The molecule has 0 saturated carbocycles. The highest BCUT2D eigenvalue weighted by Crippen LogP contribution is 2.21. The van der Waals surface area contributed by atoms with Crippen molar-refractivity contribution in [3.8, 4) is 0 Å². The number of rotatable bonds is 19. The Balaban J connectivity index is 2.20. The zero-order chi connectivity index (χ0) is 37.4. The average molecular weight is 698 g/mol. The number of hydrogen-bond donors (Lipinski definition) is 7. The summed E-state index contributed by atoms with van der Waals surface area (Å²) in [6.07, 6.45) is 7.64. The van der Waals surface area contributed by atoms with Crippen LogP contribution >= 0.6 is 0 Å². The van der Waals surface area contributed by atoms with Crippen molar-refractivity contribution in [3.63, 3.8) is 0 Å². The van der Waals surface area contributed by atoms with Crippen LogP contribution in [0.15, 0.2) is 49.1 Å². The molecule has 0 saturated heterocycles. The number of carbonyl (C=O) groups is 5. The summed E-state index contributed by atoms with van der Waals surface area (Å²) in [7, 11) is 0. The Labute approximate surface area is 295 Å². The van der Waals surface area contributed by atoms with Crippen LogP contribution in [0, 0.1) is 11.3 Å². The Morgan fingerprint density at radius 2 is 1.52 bits per heavy atom. The molecule has 276 valence electrons. The molecule has 0 spiro atoms. The molecule has 0 aliphatic heterocycles. The first-order chi connectivity index (χ1) is 23.5. The van der Waals surface area contributed by atoms with Gasteiger partial charge in [-0.2, -0.15) is 0 Å². The summed E-state index contributed by atoms with van der Waals surface area (Å²) in [6, 6.07) is 2.87. The zero-order valence-electron chi connectivity index (χ0n) is 30.7. The Morgan fingerprint density at radius 3 is 2.08 bits per heavy atom. The molecule has 0 aliphatic carbocycles. The molecule has 0 aromatic carbocycles. The second kappa shape index (κ2) is 20.2. The lowest BCUT2D eigenvalue weighted by molar-refractivity contribution is -0.904. The van der Waals surface area contributed by atoms with Crippen LogP contribution in [-0.4, -0.2) is 83.0 Å². The highest BCUT2D eigenvalue weighted by Gasteiger charge is 2.31. The summed E-state index contributed by atoms with van der Waals surface area (Å²) in [5.74, 6) is -2.11. The van der Waals surface area contributed by atoms with E-state index < -0.39 is 47.9 Å². The van der Waals surface area contributed by atoms with Gasteiger partial charge in [0.2, 0.25) is 36.0 Å². The van der Waals surface area contributed by atoms with Crippen LogP contribution in [0.25, 0.3) is 0 Å². The van der Waals surface area contributed by atoms with E-state index in [1.807, 2.05) is 54.5 Å². The number of pyridine rings is 2. The molecule has 5 amide bonds. The summed E-state index contributed by atoms with van der Waals surface area (Å²) in [5.41, 5.74) is 0.799. The van der Waals surface area contributed by atoms with E-state index in [1.54, 1.807) is 25.4 Å². The van der Waals surface area contributed by atoms with Crippen molar-refractivity contribution >= 4 is 29.5 Å². The van der Waals surface area contributed by atoms with E-state index in [-0.39, 0.29) is 35.3 Å². The Morgan fingerprint density at radius 1 is 0.860 bits per heavy atom. The number of amides is 5. The second-order valence-electron chi connectivity index (χ2n) is 14.1. The standard InChI is InChI=1S/C36H56N8O6/c1-9-12-28(41-34(48)29(20-36(6,7)8)42-32(46)26-14-17-44(50)18-15-26)33(47)40-27(19-25-13-11-16-37-21-25)22-39-24(5)31(45)43-30(23(3)4)35(49)38-10-2/h11,13-18,21,23-24,27-30,39H,9-10,12,19-20,22H2,1-8H3,(H5-,38,40,41,42,43,45,46,47,48,49,50)/p+1/t24-,27-,28-,29-,30-/m0/s1. The topological polar surface area (TPSA) is 195 Å². The van der Waals surface area contributed by atoms with E-state index in [0.29, 0.717) is 32.2 Å². The molecule has 2 heterocycles. The van der Waals surface area contributed by atoms with Gasteiger partial charge in [-0.25, -0.2) is 0 Å². The van der Waals surface area contributed by atoms with Crippen molar-refractivity contribution in [2.45, 2.75) is 111 Å². The van der Waals surface area contributed by atoms with Gasteiger partial charge in [0.1, 0.15) is 18.1 Å². The van der Waals surface area contributed by atoms with Crippen molar-refractivity contribution in [1.29, 1.82) is 0 Å². The minimum absolute atomic E-state index is 0.121. The average Bonchev–Trinajstić information content (AvgIpc) is 3.05. The quantitative estimate of drug-likeness (QED) is 0.0846. The van der Waals surface area contributed by atoms with Gasteiger partial charge in [0.15, 0.2) is 0 Å². The molecule has 0 radical (unpaired) electrons. The molecule has 0 bridgehead atoms. The van der Waals surface area contributed by atoms with Crippen LogP contribution < -0.4 is 36.6 Å². The molecule has 5 atom stereocenters. The smallest absolute Gasteiger partial charge is 0.252 e. The fourth-order valence-corrected chi connectivity index (χ4v) is 5.25. The number of aromatic nitrogens is 2. The molecule has 0 aliphatic rings. The Kier molecular flexibility index (Phi) is 16.8. The van der Waals surface area contributed by atoms with Gasteiger partial charge in [0, 0.05) is 48.4 Å². The predicted octanol–water partition coefficient (Wildman–Crippen LogP) is 1.41. The third kappa shape index (κ3) is 14.5. The minimum Gasteiger partial charge on any atom is -0.355 e. The van der Waals surface area contributed by atoms with Crippen molar-refractivity contribution in [2.24, 2.45) is 11.3 Å². The van der Waals surface area contributed by atoms with Crippen molar-refractivity contribution in [1.82, 2.24) is 36.9 Å². The molecule has 2 aromatic rings. The lowest BCUT2D eigenvalue weighted by Gasteiger charge is -2.29. The van der Waals surface area contributed by atoms with E-state index in [1.165, 1.54) is 24.5 Å². The Hall–Kier alpha value is -4.59. The highest BCUT2D eigenvalue weighted by atomic mass is 16.5. The number of nitrogens with zero attached hydrogens (tertiary/aromatic N) is 2. The Bertz CT molecular complexity index is 1400. The van der Waals surface area contributed by atoms with Gasteiger partial charge >= 0.3 is 0 Å². The zero-order valence-corrected chi connectivity index (χ0v) is 30.7. The lowest BCUT2D eigenvalue weighted by atomic mass is 9.87. The fourth-order valence-electron chi connectivity index (χ4n) is 5.25. The molecular weight excluding hydrogens is 640 g/mol. The molecule has 0 fully saturated rings. The summed E-state index contributed by atoms with van der Waals surface area (Å²) in [4.78, 5) is 70.3. The van der Waals surface area contributed by atoms with Gasteiger partial charge in [-0.05, 0) is 56.1 Å². The fraction of sp³-hybridized carbons (Fsp3) is 0.583. The maximum absolute atomic E-state index is 13.8. The van der Waals surface area contributed by atoms with Gasteiger partial charge in [-0.15, -0.1) is 0 Å². The van der Waals surface area contributed by atoms with Crippen molar-refractivity contribution in [2.75, 3.05) is 13.1 Å². The van der Waals surface area contributed by atoms with Crippen molar-refractivity contribution < 1.29 is 33.9 Å². The molecule has 50 heavy (non-hydrogen) atoms. The van der Waals surface area contributed by atoms with Crippen LogP contribution in [0.2, 0.25) is 0 Å². The molecule has 7 N–H and O–H groups in total. The van der Waals surface area contributed by atoms with Crippen LogP contribution in [-0.2, 0) is 25.6 Å². The molecule has 0 unspecified atom stereocenters. The van der Waals surface area contributed by atoms with Crippen LogP contribution in [0.1, 0.15) is 90.6 Å². The number of hydrogen-bond acceptors (Lipinski definition) is 8. The van der Waals surface area contributed by atoms with E-state index in [4.69, 9.17) is 0 Å². The van der Waals surface area contributed by atoms with E-state index >= 15 is 0 Å². The van der Waals surface area contributed by atoms with Gasteiger partial charge < -0.3 is 31.9 Å². The van der Waals surface area contributed by atoms with E-state index in [2.05, 4.69) is 36.9 Å². The first-order valence-electron chi connectivity index (χ1n) is 17.4. The van der Waals surface area contributed by atoms with E-state index in [0.717, 1.165) is 10.3 Å². The maximum atomic E-state index is 13.8. The van der Waals surface area contributed by atoms with E-state index in [9.17, 15) is 29.2 Å². The monoisotopic (exact) mass is 697 g/mol. The first-order valence-corrected chi connectivity index (χ1v) is 17.4. The van der Waals surface area contributed by atoms with Crippen LogP contribution in [0.4, 0.5) is 0 Å². The molecule has 14 heteroatoms. The van der Waals surface area contributed by atoms with Gasteiger partial charge in [0.05, 0.1) is 11.6 Å². The van der Waals surface area contributed by atoms with Gasteiger partial charge in [-0.3, -0.25) is 34.2 Å². The van der Waals surface area contributed by atoms with Gasteiger partial charge in [-0.1, -0.05) is 54.0 Å².